The molecule has 1 aromatic heterocycles. The van der Waals surface area contributed by atoms with Gasteiger partial charge in [-0.15, -0.1) is 12.4 Å². The van der Waals surface area contributed by atoms with Crippen molar-refractivity contribution in [2.24, 2.45) is 0 Å². The van der Waals surface area contributed by atoms with Crippen LogP contribution < -0.4 is 10.6 Å². The number of hydrogen-bond acceptors (Lipinski definition) is 3. The van der Waals surface area contributed by atoms with Crippen molar-refractivity contribution in [3.8, 4) is 0 Å². The van der Waals surface area contributed by atoms with E-state index >= 15 is 0 Å². The van der Waals surface area contributed by atoms with Crippen LogP contribution in [0.1, 0.15) is 35.7 Å². The van der Waals surface area contributed by atoms with Gasteiger partial charge < -0.3 is 10.6 Å². The Kier molecular flexibility index (Phi) is 6.19. The van der Waals surface area contributed by atoms with Gasteiger partial charge in [0.05, 0.1) is 18.3 Å². The molecule has 0 saturated carbocycles. The third kappa shape index (κ3) is 4.56. The quantitative estimate of drug-likeness (QED) is 0.901. The summed E-state index contributed by atoms with van der Waals surface area (Å²) in [6.45, 7) is 3.82. The number of amides is 1. The van der Waals surface area contributed by atoms with Crippen LogP contribution in [0.4, 0.5) is 0 Å². The van der Waals surface area contributed by atoms with E-state index in [4.69, 9.17) is 0 Å². The molecule has 3 rings (SSSR count). The van der Waals surface area contributed by atoms with E-state index in [0.717, 1.165) is 19.4 Å². The van der Waals surface area contributed by atoms with Gasteiger partial charge in [-0.1, -0.05) is 30.3 Å². The van der Waals surface area contributed by atoms with Gasteiger partial charge in [0.1, 0.15) is 0 Å². The Bertz CT molecular complexity index is 629. The molecule has 1 aliphatic heterocycles. The third-order valence-electron chi connectivity index (χ3n) is 4.16. The van der Waals surface area contributed by atoms with Crippen molar-refractivity contribution < 1.29 is 4.79 Å². The van der Waals surface area contributed by atoms with Crippen LogP contribution in [0.25, 0.3) is 0 Å². The van der Waals surface area contributed by atoms with Crippen molar-refractivity contribution in [3.63, 3.8) is 0 Å². The van der Waals surface area contributed by atoms with Gasteiger partial charge in [-0.2, -0.15) is 5.10 Å². The molecule has 0 spiro atoms. The summed E-state index contributed by atoms with van der Waals surface area (Å²) >= 11 is 0. The van der Waals surface area contributed by atoms with Crippen LogP contribution in [0.5, 0.6) is 0 Å². The summed E-state index contributed by atoms with van der Waals surface area (Å²) in [7, 11) is 0. The Morgan fingerprint density at radius 1 is 1.39 bits per heavy atom. The minimum absolute atomic E-state index is 0. The summed E-state index contributed by atoms with van der Waals surface area (Å²) in [5, 5.41) is 10.8. The van der Waals surface area contributed by atoms with Crippen molar-refractivity contribution in [1.82, 2.24) is 20.4 Å². The Hall–Kier alpha value is -1.85. The fourth-order valence-corrected chi connectivity index (χ4v) is 2.83. The van der Waals surface area contributed by atoms with E-state index in [2.05, 4.69) is 34.8 Å². The number of nitrogens with zero attached hydrogens (tertiary/aromatic N) is 2. The zero-order valence-corrected chi connectivity index (χ0v) is 14.1. The van der Waals surface area contributed by atoms with Gasteiger partial charge in [-0.3, -0.25) is 9.48 Å². The van der Waals surface area contributed by atoms with E-state index in [1.165, 1.54) is 5.56 Å². The molecule has 1 amide bonds. The smallest absolute Gasteiger partial charge is 0.254 e. The number of carbonyl (C=O) groups is 1. The molecule has 2 aromatic rings. The number of aromatic nitrogens is 2. The highest BCUT2D eigenvalue weighted by Crippen LogP contribution is 2.10. The first-order chi connectivity index (χ1) is 10.7. The van der Waals surface area contributed by atoms with Crippen LogP contribution in [-0.2, 0) is 6.54 Å². The second kappa shape index (κ2) is 8.13. The molecular formula is C17H23ClN4O. The first kappa shape index (κ1) is 17.5. The van der Waals surface area contributed by atoms with Crippen LogP contribution in [-0.4, -0.2) is 34.3 Å². The topological polar surface area (TPSA) is 58.9 Å². The Balaban J connectivity index is 0.00000192. The van der Waals surface area contributed by atoms with E-state index < -0.39 is 0 Å². The number of rotatable bonds is 4. The van der Waals surface area contributed by atoms with Crippen LogP contribution in [0.15, 0.2) is 42.7 Å². The summed E-state index contributed by atoms with van der Waals surface area (Å²) in [4.78, 5) is 12.3. The lowest BCUT2D eigenvalue weighted by atomic mass is 10.00. The molecule has 2 N–H and O–H groups in total. The van der Waals surface area contributed by atoms with Crippen molar-refractivity contribution in [3.05, 3.63) is 53.9 Å². The predicted octanol–water partition coefficient (Wildman–Crippen LogP) is 2.22. The number of benzene rings is 1. The third-order valence-corrected chi connectivity index (χ3v) is 4.16. The highest BCUT2D eigenvalue weighted by molar-refractivity contribution is 5.93. The molecule has 2 heterocycles. The van der Waals surface area contributed by atoms with Gasteiger partial charge in [-0.25, -0.2) is 0 Å². The second-order valence-electron chi connectivity index (χ2n) is 5.88. The summed E-state index contributed by atoms with van der Waals surface area (Å²) < 4.78 is 1.80. The molecule has 5 nitrogen and oxygen atoms in total. The van der Waals surface area contributed by atoms with Crippen molar-refractivity contribution in [2.75, 3.05) is 6.54 Å². The van der Waals surface area contributed by atoms with Gasteiger partial charge in [0.2, 0.25) is 0 Å². The molecule has 1 aliphatic rings. The lowest BCUT2D eigenvalue weighted by Crippen LogP contribution is -2.51. The molecule has 1 saturated heterocycles. The van der Waals surface area contributed by atoms with Crippen LogP contribution in [0.3, 0.4) is 0 Å². The summed E-state index contributed by atoms with van der Waals surface area (Å²) in [6.07, 6.45) is 5.57. The van der Waals surface area contributed by atoms with Gasteiger partial charge >= 0.3 is 0 Å². The molecular weight excluding hydrogens is 312 g/mol. The molecule has 2 unspecified atom stereocenters. The predicted molar refractivity (Wildman–Crippen MR) is 93.0 cm³/mol. The van der Waals surface area contributed by atoms with Crippen molar-refractivity contribution >= 4 is 18.3 Å². The molecule has 0 bridgehead atoms. The molecule has 0 radical (unpaired) electrons. The minimum Gasteiger partial charge on any atom is -0.348 e. The number of halogens is 1. The van der Waals surface area contributed by atoms with Crippen molar-refractivity contribution in [2.45, 2.75) is 38.4 Å². The first-order valence-electron chi connectivity index (χ1n) is 7.83. The average molecular weight is 335 g/mol. The molecule has 124 valence electrons. The maximum atomic E-state index is 12.3. The largest absolute Gasteiger partial charge is 0.348 e. The van der Waals surface area contributed by atoms with Gasteiger partial charge in [0.25, 0.3) is 5.91 Å². The summed E-state index contributed by atoms with van der Waals surface area (Å²) in [5.41, 5.74) is 1.79. The van der Waals surface area contributed by atoms with Crippen LogP contribution in [0.2, 0.25) is 0 Å². The monoisotopic (exact) mass is 334 g/mol. The molecule has 1 fully saturated rings. The molecule has 0 aliphatic carbocycles. The molecule has 6 heteroatoms. The number of hydrogen-bond donors (Lipinski definition) is 2. The minimum atomic E-state index is -0.0418. The molecule has 23 heavy (non-hydrogen) atoms. The van der Waals surface area contributed by atoms with E-state index in [-0.39, 0.29) is 24.4 Å². The van der Waals surface area contributed by atoms with Gasteiger partial charge in [0.15, 0.2) is 0 Å². The van der Waals surface area contributed by atoms with Crippen LogP contribution >= 0.6 is 12.4 Å². The number of nitrogens with one attached hydrogen (secondary N) is 2. The average Bonchev–Trinajstić information content (AvgIpc) is 2.99. The van der Waals surface area contributed by atoms with E-state index in [9.17, 15) is 4.79 Å². The Labute approximate surface area is 142 Å². The lowest BCUT2D eigenvalue weighted by molar-refractivity contribution is 0.0920. The second-order valence-corrected chi connectivity index (χ2v) is 5.88. The molecule has 1 aromatic carbocycles. The standard InChI is InChI=1S/C17H22N4O.ClH/c1-13-16(8-5-9-18-13)20-17(22)15-10-19-21(12-15)11-14-6-3-2-4-7-14;/h2-4,6-7,10,12-13,16,18H,5,8-9,11H2,1H3,(H,20,22);1H. The normalized spacial score (nSPS) is 20.6. The highest BCUT2D eigenvalue weighted by atomic mass is 35.5. The lowest BCUT2D eigenvalue weighted by Gasteiger charge is -2.30. The Morgan fingerprint density at radius 3 is 2.91 bits per heavy atom. The number of piperidine rings is 1. The van der Waals surface area contributed by atoms with E-state index in [0.29, 0.717) is 18.2 Å². The number of carbonyl (C=O) groups excluding carboxylic acids is 1. The maximum Gasteiger partial charge on any atom is 0.254 e. The highest BCUT2D eigenvalue weighted by Gasteiger charge is 2.23. The zero-order chi connectivity index (χ0) is 15.4. The fraction of sp³-hybridized carbons (Fsp3) is 0.412. The molecule has 2 atom stereocenters. The SMILES string of the molecule is CC1NCCCC1NC(=O)c1cnn(Cc2ccccc2)c1.Cl. The fourth-order valence-electron chi connectivity index (χ4n) is 2.83. The van der Waals surface area contributed by atoms with Gasteiger partial charge in [-0.05, 0) is 31.9 Å². The van der Waals surface area contributed by atoms with E-state index in [1.54, 1.807) is 10.9 Å². The first-order valence-corrected chi connectivity index (χ1v) is 7.83. The summed E-state index contributed by atoms with van der Waals surface area (Å²) in [5.74, 6) is -0.0418. The van der Waals surface area contributed by atoms with Gasteiger partial charge in [0, 0.05) is 18.3 Å². The van der Waals surface area contributed by atoms with Crippen molar-refractivity contribution in [1.29, 1.82) is 0 Å². The summed E-state index contributed by atoms with van der Waals surface area (Å²) in [6, 6.07) is 10.6. The van der Waals surface area contributed by atoms with E-state index in [1.807, 2.05) is 24.4 Å². The Morgan fingerprint density at radius 2 is 2.17 bits per heavy atom. The zero-order valence-electron chi connectivity index (χ0n) is 13.2. The maximum absolute atomic E-state index is 12.3. The van der Waals surface area contributed by atoms with Crippen LogP contribution in [0, 0.1) is 0 Å².